The molecular formula is C8H8Cl2N2O. The van der Waals surface area contributed by atoms with Crippen molar-refractivity contribution in [3.63, 3.8) is 0 Å². The van der Waals surface area contributed by atoms with Crippen molar-refractivity contribution in [1.29, 1.82) is 0 Å². The summed E-state index contributed by atoms with van der Waals surface area (Å²) in [5.74, 6) is -0.228. The van der Waals surface area contributed by atoms with Gasteiger partial charge in [-0.15, -0.1) is 0 Å². The van der Waals surface area contributed by atoms with Crippen LogP contribution in [0.15, 0.2) is 24.3 Å². The van der Waals surface area contributed by atoms with E-state index in [1.165, 1.54) is 6.92 Å². The normalized spacial score (nSPS) is 9.46. The molecule has 0 spiro atoms. The number of rotatable bonds is 2. The van der Waals surface area contributed by atoms with E-state index < -0.39 is 0 Å². The molecule has 0 saturated carbocycles. The summed E-state index contributed by atoms with van der Waals surface area (Å²) in [5, 5.41) is 0. The predicted octanol–water partition coefficient (Wildman–Crippen LogP) is 2.76. The standard InChI is InChI=1S/C8H8Cl2N2O/c1-6(13)12(10)8-4-2-7(11-9)3-5-8/h2-5,11H,1H3. The molecule has 0 unspecified atom stereocenters. The fraction of sp³-hybridized carbons (Fsp3) is 0.125. The van der Waals surface area contributed by atoms with Crippen molar-refractivity contribution < 1.29 is 4.79 Å². The van der Waals surface area contributed by atoms with Crippen LogP contribution in [0.5, 0.6) is 0 Å². The van der Waals surface area contributed by atoms with Crippen molar-refractivity contribution in [2.75, 3.05) is 9.25 Å². The molecule has 1 N–H and O–H groups in total. The Hall–Kier alpha value is -0.930. The molecule has 3 nitrogen and oxygen atoms in total. The summed E-state index contributed by atoms with van der Waals surface area (Å²) in [6, 6.07) is 6.83. The lowest BCUT2D eigenvalue weighted by Crippen LogP contribution is -2.16. The van der Waals surface area contributed by atoms with Crippen LogP contribution in [-0.4, -0.2) is 5.91 Å². The van der Waals surface area contributed by atoms with Crippen LogP contribution in [0.1, 0.15) is 6.92 Å². The van der Waals surface area contributed by atoms with Gasteiger partial charge in [0.2, 0.25) is 5.91 Å². The van der Waals surface area contributed by atoms with E-state index in [9.17, 15) is 4.79 Å². The Morgan fingerprint density at radius 1 is 1.38 bits per heavy atom. The number of carbonyl (C=O) groups excluding carboxylic acids is 1. The Morgan fingerprint density at radius 2 is 1.92 bits per heavy atom. The predicted molar refractivity (Wildman–Crippen MR) is 54.9 cm³/mol. The summed E-state index contributed by atoms with van der Waals surface area (Å²) in [6.45, 7) is 1.39. The van der Waals surface area contributed by atoms with Crippen LogP contribution in [-0.2, 0) is 4.79 Å². The van der Waals surface area contributed by atoms with Gasteiger partial charge in [-0.3, -0.25) is 9.63 Å². The van der Waals surface area contributed by atoms with Crippen LogP contribution >= 0.6 is 23.6 Å². The molecule has 0 heterocycles. The number of hydrogen-bond donors (Lipinski definition) is 1. The van der Waals surface area contributed by atoms with E-state index in [2.05, 4.69) is 4.84 Å². The SMILES string of the molecule is CC(=O)N(Cl)c1ccc(NCl)cc1. The molecule has 5 heteroatoms. The molecule has 0 bridgehead atoms. The number of benzene rings is 1. The molecule has 70 valence electrons. The number of anilines is 2. The van der Waals surface area contributed by atoms with Crippen molar-refractivity contribution in [3.05, 3.63) is 24.3 Å². The summed E-state index contributed by atoms with van der Waals surface area (Å²) >= 11 is 11.0. The number of hydrogen-bond acceptors (Lipinski definition) is 2. The maximum Gasteiger partial charge on any atom is 0.238 e. The highest BCUT2D eigenvalue weighted by atomic mass is 35.5. The zero-order valence-electron chi connectivity index (χ0n) is 6.92. The summed E-state index contributed by atoms with van der Waals surface area (Å²) in [7, 11) is 0. The summed E-state index contributed by atoms with van der Waals surface area (Å²) in [4.78, 5) is 13.3. The third-order valence-corrected chi connectivity index (χ3v) is 2.13. The summed E-state index contributed by atoms with van der Waals surface area (Å²) < 4.78 is 1.04. The number of carbonyl (C=O) groups is 1. The van der Waals surface area contributed by atoms with E-state index >= 15 is 0 Å². The zero-order chi connectivity index (χ0) is 9.84. The van der Waals surface area contributed by atoms with Gasteiger partial charge >= 0.3 is 0 Å². The second-order valence-electron chi connectivity index (χ2n) is 2.44. The van der Waals surface area contributed by atoms with Crippen LogP contribution in [0.3, 0.4) is 0 Å². The van der Waals surface area contributed by atoms with Gasteiger partial charge in [0.05, 0.1) is 5.69 Å². The molecule has 1 aromatic carbocycles. The van der Waals surface area contributed by atoms with Crippen molar-refractivity contribution in [3.8, 4) is 0 Å². The van der Waals surface area contributed by atoms with E-state index in [0.717, 1.165) is 10.1 Å². The highest BCUT2D eigenvalue weighted by Gasteiger charge is 2.06. The van der Waals surface area contributed by atoms with Gasteiger partial charge in [0.25, 0.3) is 0 Å². The number of nitrogens with zero attached hydrogens (tertiary/aromatic N) is 1. The van der Waals surface area contributed by atoms with E-state index in [0.29, 0.717) is 5.69 Å². The van der Waals surface area contributed by atoms with Gasteiger partial charge in [0.1, 0.15) is 0 Å². The molecule has 0 fully saturated rings. The van der Waals surface area contributed by atoms with Gasteiger partial charge in [0.15, 0.2) is 0 Å². The molecule has 0 atom stereocenters. The number of nitrogens with one attached hydrogen (secondary N) is 1. The van der Waals surface area contributed by atoms with Gasteiger partial charge in [-0.25, -0.2) is 4.42 Å². The lowest BCUT2D eigenvalue weighted by atomic mass is 10.3. The molecule has 0 radical (unpaired) electrons. The molecule has 1 amide bonds. The lowest BCUT2D eigenvalue weighted by molar-refractivity contribution is -0.115. The first kappa shape index (κ1) is 10.2. The third kappa shape index (κ3) is 2.50. The maximum atomic E-state index is 10.9. The molecule has 0 aliphatic heterocycles. The Balaban J connectivity index is 2.85. The average molecular weight is 219 g/mol. The van der Waals surface area contributed by atoms with E-state index in [1.807, 2.05) is 0 Å². The van der Waals surface area contributed by atoms with Crippen LogP contribution in [0.4, 0.5) is 11.4 Å². The van der Waals surface area contributed by atoms with Crippen LogP contribution in [0.25, 0.3) is 0 Å². The quantitative estimate of drug-likeness (QED) is 0.775. The first-order valence-electron chi connectivity index (χ1n) is 3.58. The molecule has 1 rings (SSSR count). The van der Waals surface area contributed by atoms with Crippen molar-refractivity contribution >= 4 is 40.8 Å². The van der Waals surface area contributed by atoms with E-state index in [-0.39, 0.29) is 5.91 Å². The maximum absolute atomic E-state index is 10.9. The monoisotopic (exact) mass is 218 g/mol. The Labute approximate surface area is 86.5 Å². The summed E-state index contributed by atoms with van der Waals surface area (Å²) in [5.41, 5.74) is 1.36. The second kappa shape index (κ2) is 4.35. The van der Waals surface area contributed by atoms with Crippen LogP contribution < -0.4 is 9.25 Å². The molecule has 1 aromatic rings. The van der Waals surface area contributed by atoms with Gasteiger partial charge in [-0.2, -0.15) is 0 Å². The Morgan fingerprint density at radius 3 is 2.31 bits per heavy atom. The van der Waals surface area contributed by atoms with Gasteiger partial charge in [0, 0.05) is 36.2 Å². The Kier molecular flexibility index (Phi) is 3.39. The first-order valence-corrected chi connectivity index (χ1v) is 4.30. The van der Waals surface area contributed by atoms with Crippen molar-refractivity contribution in [2.45, 2.75) is 6.92 Å². The fourth-order valence-corrected chi connectivity index (χ4v) is 1.08. The van der Waals surface area contributed by atoms with Crippen molar-refractivity contribution in [1.82, 2.24) is 0 Å². The molecule has 0 saturated heterocycles. The highest BCUT2D eigenvalue weighted by molar-refractivity contribution is 6.36. The first-order chi connectivity index (χ1) is 6.15. The smallest absolute Gasteiger partial charge is 0.238 e. The van der Waals surface area contributed by atoms with Gasteiger partial charge < -0.3 is 0 Å². The Bertz CT molecular complexity index is 300. The van der Waals surface area contributed by atoms with E-state index in [1.54, 1.807) is 24.3 Å². The molecule has 0 aliphatic carbocycles. The molecule has 0 aliphatic rings. The van der Waals surface area contributed by atoms with E-state index in [4.69, 9.17) is 23.6 Å². The molecule has 13 heavy (non-hydrogen) atoms. The minimum atomic E-state index is -0.228. The zero-order valence-corrected chi connectivity index (χ0v) is 8.43. The summed E-state index contributed by atoms with van der Waals surface area (Å²) in [6.07, 6.45) is 0. The molecule has 0 aromatic heterocycles. The van der Waals surface area contributed by atoms with Gasteiger partial charge in [-0.05, 0) is 24.3 Å². The molecular weight excluding hydrogens is 211 g/mol. The van der Waals surface area contributed by atoms with Crippen LogP contribution in [0.2, 0.25) is 0 Å². The second-order valence-corrected chi connectivity index (χ2v) is 2.97. The van der Waals surface area contributed by atoms with Crippen molar-refractivity contribution in [2.24, 2.45) is 0 Å². The van der Waals surface area contributed by atoms with Gasteiger partial charge in [-0.1, -0.05) is 0 Å². The number of halogens is 2. The average Bonchev–Trinajstić information content (AvgIpc) is 2.17. The largest absolute Gasteiger partial charge is 0.299 e. The third-order valence-electron chi connectivity index (χ3n) is 1.48. The minimum absolute atomic E-state index is 0.228. The minimum Gasteiger partial charge on any atom is -0.299 e. The fourth-order valence-electron chi connectivity index (χ4n) is 0.837. The highest BCUT2D eigenvalue weighted by Crippen LogP contribution is 2.19. The van der Waals surface area contributed by atoms with Crippen LogP contribution in [0, 0.1) is 0 Å². The topological polar surface area (TPSA) is 32.3 Å². The number of amides is 1. The lowest BCUT2D eigenvalue weighted by Gasteiger charge is -2.11.